The first-order chi connectivity index (χ1) is 21.4. The second-order valence-corrected chi connectivity index (χ2v) is 9.90. The van der Waals surface area contributed by atoms with Crippen LogP contribution >= 0.6 is 0 Å². The summed E-state index contributed by atoms with van der Waals surface area (Å²) in [6, 6.07) is 6.68. The maximum absolute atomic E-state index is 12.6. The highest BCUT2D eigenvalue weighted by Gasteiger charge is 2.19. The summed E-state index contributed by atoms with van der Waals surface area (Å²) in [4.78, 5) is 29.5. The van der Waals surface area contributed by atoms with Gasteiger partial charge < -0.3 is 47.7 Å². The summed E-state index contributed by atoms with van der Waals surface area (Å²) < 4.78 is 42.8. The Balaban J connectivity index is 1.31. The van der Waals surface area contributed by atoms with Crippen LogP contribution in [0.2, 0.25) is 0 Å². The van der Waals surface area contributed by atoms with Crippen molar-refractivity contribution < 1.29 is 47.5 Å². The average molecular weight is 617 g/mol. The van der Waals surface area contributed by atoms with E-state index in [9.17, 15) is 9.59 Å². The minimum absolute atomic E-state index is 0.315. The molecular formula is C32H44N2O10. The number of hydrogen-bond acceptors (Lipinski definition) is 12. The number of esters is 2. The zero-order chi connectivity index (χ0) is 31.9. The van der Waals surface area contributed by atoms with Gasteiger partial charge in [-0.15, -0.1) is 0 Å². The van der Waals surface area contributed by atoms with Crippen LogP contribution in [-0.4, -0.2) is 117 Å². The number of hydrogen-bond donors (Lipinski definition) is 0. The molecule has 0 spiro atoms. The summed E-state index contributed by atoms with van der Waals surface area (Å²) in [6.45, 7) is 6.07. The Kier molecular flexibility index (Phi) is 13.9. The Hall–Kier alpha value is -4.16. The van der Waals surface area contributed by atoms with Gasteiger partial charge >= 0.3 is 11.9 Å². The summed E-state index contributed by atoms with van der Waals surface area (Å²) in [5.74, 6) is 1.89. The van der Waals surface area contributed by atoms with Crippen molar-refractivity contribution in [2.24, 2.45) is 0 Å². The van der Waals surface area contributed by atoms with Crippen molar-refractivity contribution in [2.45, 2.75) is 12.8 Å². The lowest BCUT2D eigenvalue weighted by atomic mass is 10.1. The highest BCUT2D eigenvalue weighted by molar-refractivity contribution is 5.91. The summed E-state index contributed by atoms with van der Waals surface area (Å²) in [7, 11) is 9.14. The van der Waals surface area contributed by atoms with Crippen molar-refractivity contribution in [3.05, 3.63) is 41.5 Å². The smallest absolute Gasteiger partial charge is 0.338 e. The van der Waals surface area contributed by atoms with Crippen molar-refractivity contribution in [1.29, 1.82) is 0 Å². The highest BCUT2D eigenvalue weighted by atomic mass is 16.5. The Morgan fingerprint density at radius 3 is 1.50 bits per heavy atom. The number of carbonyl (C=O) groups excluding carboxylic acids is 2. The Morgan fingerprint density at radius 2 is 1.07 bits per heavy atom. The molecule has 2 aromatic carbocycles. The van der Waals surface area contributed by atoms with E-state index in [1.807, 2.05) is 0 Å². The summed E-state index contributed by atoms with van der Waals surface area (Å²) in [6.07, 6.45) is 4.53. The molecule has 0 radical (unpaired) electrons. The number of ether oxygens (including phenoxy) is 8. The fourth-order valence-electron chi connectivity index (χ4n) is 4.84. The van der Waals surface area contributed by atoms with Crippen LogP contribution in [-0.2, 0) is 14.3 Å². The molecule has 0 unspecified atom stereocenters. The monoisotopic (exact) mass is 616 g/mol. The molecule has 242 valence electrons. The molecule has 2 aromatic rings. The lowest BCUT2D eigenvalue weighted by Crippen LogP contribution is -2.47. The van der Waals surface area contributed by atoms with Gasteiger partial charge in [0.15, 0.2) is 23.0 Å². The van der Waals surface area contributed by atoms with Crippen LogP contribution < -0.4 is 28.4 Å². The SMILES string of the molecule is COc1cc(/C=C/C(=O)OCCCN2CCN(CCCOC(=O)c3cc(OC)c(OC)c(OC)c3)CC2)cc(OC)c1OC. The van der Waals surface area contributed by atoms with E-state index in [-0.39, 0.29) is 0 Å². The lowest BCUT2D eigenvalue weighted by Gasteiger charge is -2.34. The molecule has 1 fully saturated rings. The van der Waals surface area contributed by atoms with E-state index in [2.05, 4.69) is 9.80 Å². The minimum Gasteiger partial charge on any atom is -0.493 e. The molecule has 1 saturated heterocycles. The van der Waals surface area contributed by atoms with Gasteiger partial charge in [-0.2, -0.15) is 0 Å². The summed E-state index contributed by atoms with van der Waals surface area (Å²) >= 11 is 0. The molecule has 0 N–H and O–H groups in total. The molecule has 0 saturated carbocycles. The second kappa shape index (κ2) is 17.8. The fourth-order valence-corrected chi connectivity index (χ4v) is 4.84. The maximum atomic E-state index is 12.6. The van der Waals surface area contributed by atoms with E-state index >= 15 is 0 Å². The molecule has 0 aliphatic carbocycles. The fraction of sp³-hybridized carbons (Fsp3) is 0.500. The number of benzene rings is 2. The van der Waals surface area contributed by atoms with Gasteiger partial charge in [0.25, 0.3) is 0 Å². The zero-order valence-corrected chi connectivity index (χ0v) is 26.5. The van der Waals surface area contributed by atoms with Crippen molar-refractivity contribution in [3.63, 3.8) is 0 Å². The molecule has 1 heterocycles. The largest absolute Gasteiger partial charge is 0.493 e. The third-order valence-corrected chi connectivity index (χ3v) is 7.18. The number of rotatable bonds is 17. The van der Waals surface area contributed by atoms with Crippen LogP contribution in [0.4, 0.5) is 0 Å². The minimum atomic E-state index is -0.438. The number of carbonyl (C=O) groups is 2. The van der Waals surface area contributed by atoms with Gasteiger partial charge in [-0.05, 0) is 48.7 Å². The van der Waals surface area contributed by atoms with Crippen LogP contribution in [0.15, 0.2) is 30.3 Å². The van der Waals surface area contributed by atoms with Crippen LogP contribution in [0.1, 0.15) is 28.8 Å². The Labute approximate surface area is 259 Å². The number of methoxy groups -OCH3 is 6. The third-order valence-electron chi connectivity index (χ3n) is 7.18. The molecule has 0 atom stereocenters. The van der Waals surface area contributed by atoms with Crippen LogP contribution in [0.3, 0.4) is 0 Å². The molecule has 3 rings (SSSR count). The summed E-state index contributed by atoms with van der Waals surface area (Å²) in [5.41, 5.74) is 1.07. The molecule has 12 nitrogen and oxygen atoms in total. The van der Waals surface area contributed by atoms with Crippen molar-refractivity contribution >= 4 is 18.0 Å². The van der Waals surface area contributed by atoms with E-state index in [0.29, 0.717) is 53.3 Å². The predicted octanol–water partition coefficient (Wildman–Crippen LogP) is 3.55. The van der Waals surface area contributed by atoms with Crippen LogP contribution in [0.25, 0.3) is 6.08 Å². The molecule has 0 aromatic heterocycles. The topological polar surface area (TPSA) is 114 Å². The Morgan fingerprint density at radius 1 is 0.636 bits per heavy atom. The van der Waals surface area contributed by atoms with Gasteiger partial charge in [0, 0.05) is 45.3 Å². The average Bonchev–Trinajstić information content (AvgIpc) is 3.06. The van der Waals surface area contributed by atoms with Crippen molar-refractivity contribution in [3.8, 4) is 34.5 Å². The Bertz CT molecular complexity index is 1210. The van der Waals surface area contributed by atoms with Crippen LogP contribution in [0, 0.1) is 0 Å². The van der Waals surface area contributed by atoms with E-state index in [4.69, 9.17) is 37.9 Å². The van der Waals surface area contributed by atoms with Crippen molar-refractivity contribution in [1.82, 2.24) is 9.80 Å². The first kappa shape index (κ1) is 34.3. The lowest BCUT2D eigenvalue weighted by molar-refractivity contribution is -0.137. The first-order valence-corrected chi connectivity index (χ1v) is 14.4. The zero-order valence-electron chi connectivity index (χ0n) is 26.5. The third kappa shape index (κ3) is 9.68. The van der Waals surface area contributed by atoms with E-state index in [1.54, 1.807) is 44.6 Å². The second-order valence-electron chi connectivity index (χ2n) is 9.90. The van der Waals surface area contributed by atoms with Gasteiger partial charge in [-0.1, -0.05) is 0 Å². The molecule has 1 aliphatic heterocycles. The van der Waals surface area contributed by atoms with E-state index in [0.717, 1.165) is 57.7 Å². The van der Waals surface area contributed by atoms with Gasteiger partial charge in [0.1, 0.15) is 0 Å². The van der Waals surface area contributed by atoms with Crippen LogP contribution in [0.5, 0.6) is 34.5 Å². The highest BCUT2D eigenvalue weighted by Crippen LogP contribution is 2.39. The van der Waals surface area contributed by atoms with Crippen molar-refractivity contribution in [2.75, 3.05) is 95.1 Å². The first-order valence-electron chi connectivity index (χ1n) is 14.4. The van der Waals surface area contributed by atoms with Gasteiger partial charge in [-0.25, -0.2) is 9.59 Å². The molecule has 0 amide bonds. The molecule has 44 heavy (non-hydrogen) atoms. The molecule has 1 aliphatic rings. The molecule has 12 heteroatoms. The van der Waals surface area contributed by atoms with Gasteiger partial charge in [0.2, 0.25) is 11.5 Å². The maximum Gasteiger partial charge on any atom is 0.338 e. The van der Waals surface area contributed by atoms with Gasteiger partial charge in [-0.3, -0.25) is 0 Å². The predicted molar refractivity (Wildman–Crippen MR) is 165 cm³/mol. The summed E-state index contributed by atoms with van der Waals surface area (Å²) in [5, 5.41) is 0. The normalized spacial score (nSPS) is 13.8. The van der Waals surface area contributed by atoms with E-state index < -0.39 is 11.9 Å². The van der Waals surface area contributed by atoms with Gasteiger partial charge in [0.05, 0.1) is 61.4 Å². The number of piperazine rings is 1. The van der Waals surface area contributed by atoms with E-state index in [1.165, 1.54) is 34.5 Å². The quantitative estimate of drug-likeness (QED) is 0.147. The number of nitrogens with zero attached hydrogens (tertiary/aromatic N) is 2. The standard InChI is InChI=1S/C32H44N2O10/c1-37-25-19-23(20-26(38-2)30(25)41-5)9-10-29(35)43-17-7-11-33-13-15-34(16-14-33)12-8-18-44-32(36)24-21-27(39-3)31(42-6)28(22-24)40-4/h9-10,19-22H,7-8,11-18H2,1-6H3/b10-9+. The molecule has 0 bridgehead atoms. The molecular weight excluding hydrogens is 572 g/mol.